The summed E-state index contributed by atoms with van der Waals surface area (Å²) in [6, 6.07) is 3.73. The van der Waals surface area contributed by atoms with Crippen LogP contribution >= 0.6 is 0 Å². The van der Waals surface area contributed by atoms with Gasteiger partial charge in [-0.2, -0.15) is 0 Å². The van der Waals surface area contributed by atoms with Gasteiger partial charge in [-0.3, -0.25) is 5.32 Å². The number of fused-ring (bicyclic) bond motifs is 1. The number of pyridine rings is 1. The average molecular weight is 311 g/mol. The number of urea groups is 1. The maximum atomic E-state index is 12.4. The zero-order valence-corrected chi connectivity index (χ0v) is 13.3. The summed E-state index contributed by atoms with van der Waals surface area (Å²) in [7, 11) is 0. The molecule has 2 aromatic heterocycles. The van der Waals surface area contributed by atoms with Crippen molar-refractivity contribution in [2.75, 3.05) is 5.32 Å². The zero-order valence-electron chi connectivity index (χ0n) is 13.3. The van der Waals surface area contributed by atoms with Gasteiger partial charge < -0.3 is 10.3 Å². The molecule has 23 heavy (non-hydrogen) atoms. The number of amides is 2. The highest BCUT2D eigenvalue weighted by atomic mass is 16.2. The maximum Gasteiger partial charge on any atom is 0.321 e. The number of H-pyrrole nitrogens is 1. The van der Waals surface area contributed by atoms with Crippen LogP contribution in [0.5, 0.6) is 0 Å². The summed E-state index contributed by atoms with van der Waals surface area (Å²) in [4.78, 5) is 24.6. The molecule has 6 nitrogen and oxygen atoms in total. The third-order valence-corrected chi connectivity index (χ3v) is 4.89. The normalized spacial score (nSPS) is 18.1. The molecule has 2 aliphatic carbocycles. The van der Waals surface area contributed by atoms with Crippen molar-refractivity contribution < 1.29 is 4.79 Å². The van der Waals surface area contributed by atoms with Gasteiger partial charge in [-0.05, 0) is 57.1 Å². The van der Waals surface area contributed by atoms with Gasteiger partial charge in [0.25, 0.3) is 0 Å². The summed E-state index contributed by atoms with van der Waals surface area (Å²) in [5, 5.41) is 5.96. The number of aryl methyl sites for hydroxylation is 3. The van der Waals surface area contributed by atoms with E-state index >= 15 is 0 Å². The first-order valence-electron chi connectivity index (χ1n) is 8.25. The van der Waals surface area contributed by atoms with Crippen LogP contribution in [-0.4, -0.2) is 21.0 Å². The van der Waals surface area contributed by atoms with Gasteiger partial charge in [-0.1, -0.05) is 6.07 Å². The van der Waals surface area contributed by atoms with Crippen molar-refractivity contribution >= 4 is 11.8 Å². The molecular formula is C17H21N5O. The van der Waals surface area contributed by atoms with E-state index in [0.717, 1.165) is 55.7 Å². The highest BCUT2D eigenvalue weighted by molar-refractivity contribution is 5.89. The number of imidazole rings is 1. The Kier molecular flexibility index (Phi) is 3.32. The molecule has 3 N–H and O–H groups in total. The fraction of sp³-hybridized carbons (Fsp3) is 0.471. The molecule has 0 spiro atoms. The van der Waals surface area contributed by atoms with E-state index in [-0.39, 0.29) is 11.6 Å². The molecule has 0 unspecified atom stereocenters. The molecule has 4 rings (SSSR count). The average Bonchev–Trinajstić information content (AvgIpc) is 3.11. The van der Waals surface area contributed by atoms with E-state index in [4.69, 9.17) is 0 Å². The van der Waals surface area contributed by atoms with Crippen LogP contribution in [0, 0.1) is 6.92 Å². The van der Waals surface area contributed by atoms with Gasteiger partial charge in [0.15, 0.2) is 0 Å². The summed E-state index contributed by atoms with van der Waals surface area (Å²) in [6.07, 6.45) is 7.96. The van der Waals surface area contributed by atoms with Crippen LogP contribution in [0.4, 0.5) is 10.6 Å². The Morgan fingerprint density at radius 1 is 1.26 bits per heavy atom. The Balaban J connectivity index is 1.47. The minimum atomic E-state index is -0.366. The molecule has 6 heteroatoms. The number of hydrogen-bond donors (Lipinski definition) is 3. The number of nitrogens with one attached hydrogen (secondary N) is 3. The molecule has 0 radical (unpaired) electrons. The molecule has 2 aromatic rings. The van der Waals surface area contributed by atoms with Crippen molar-refractivity contribution in [3.63, 3.8) is 0 Å². The van der Waals surface area contributed by atoms with Crippen LogP contribution in [0.3, 0.4) is 0 Å². The fourth-order valence-corrected chi connectivity index (χ4v) is 3.46. The van der Waals surface area contributed by atoms with Gasteiger partial charge in [0.2, 0.25) is 0 Å². The van der Waals surface area contributed by atoms with Crippen LogP contribution < -0.4 is 10.6 Å². The number of anilines is 1. The summed E-state index contributed by atoms with van der Waals surface area (Å²) in [6.45, 7) is 1.97. The second-order valence-electron chi connectivity index (χ2n) is 6.59. The molecule has 0 atom stereocenters. The fourth-order valence-electron chi connectivity index (χ4n) is 3.46. The van der Waals surface area contributed by atoms with E-state index in [2.05, 4.69) is 31.7 Å². The Hall–Kier alpha value is -2.37. The molecule has 0 aliphatic heterocycles. The topological polar surface area (TPSA) is 82.7 Å². The number of hydrogen-bond acceptors (Lipinski definition) is 3. The third kappa shape index (κ3) is 2.58. The first-order chi connectivity index (χ1) is 11.1. The van der Waals surface area contributed by atoms with Crippen molar-refractivity contribution in [3.05, 3.63) is 41.1 Å². The Morgan fingerprint density at radius 2 is 2.13 bits per heavy atom. The number of aromatic nitrogens is 3. The van der Waals surface area contributed by atoms with Gasteiger partial charge in [-0.15, -0.1) is 0 Å². The van der Waals surface area contributed by atoms with E-state index in [0.29, 0.717) is 5.82 Å². The van der Waals surface area contributed by atoms with Gasteiger partial charge in [-0.25, -0.2) is 14.8 Å². The minimum absolute atomic E-state index is 0.218. The molecule has 2 aliphatic rings. The van der Waals surface area contributed by atoms with Crippen LogP contribution in [-0.2, 0) is 18.4 Å². The number of nitrogens with zero attached hydrogens (tertiary/aromatic N) is 2. The van der Waals surface area contributed by atoms with Crippen molar-refractivity contribution in [1.29, 1.82) is 0 Å². The highest BCUT2D eigenvalue weighted by Crippen LogP contribution is 2.39. The highest BCUT2D eigenvalue weighted by Gasteiger charge is 2.42. The number of rotatable bonds is 3. The third-order valence-electron chi connectivity index (χ3n) is 4.89. The van der Waals surface area contributed by atoms with Crippen LogP contribution in [0.1, 0.15) is 48.5 Å². The van der Waals surface area contributed by atoms with Crippen LogP contribution in [0.2, 0.25) is 0 Å². The molecule has 120 valence electrons. The molecular weight excluding hydrogens is 290 g/mol. The molecule has 0 bridgehead atoms. The predicted molar refractivity (Wildman–Crippen MR) is 87.3 cm³/mol. The smallest absolute Gasteiger partial charge is 0.321 e. The first-order valence-corrected chi connectivity index (χ1v) is 8.25. The van der Waals surface area contributed by atoms with E-state index in [1.54, 1.807) is 6.20 Å². The quantitative estimate of drug-likeness (QED) is 0.815. The lowest BCUT2D eigenvalue weighted by Gasteiger charge is -2.40. The van der Waals surface area contributed by atoms with E-state index < -0.39 is 0 Å². The van der Waals surface area contributed by atoms with Crippen LogP contribution in [0.25, 0.3) is 0 Å². The lowest BCUT2D eigenvalue weighted by molar-refractivity contribution is 0.176. The summed E-state index contributed by atoms with van der Waals surface area (Å²) in [5.74, 6) is 1.46. The maximum absolute atomic E-state index is 12.4. The van der Waals surface area contributed by atoms with E-state index in [9.17, 15) is 4.79 Å². The second-order valence-corrected chi connectivity index (χ2v) is 6.59. The molecule has 1 saturated carbocycles. The van der Waals surface area contributed by atoms with Crippen molar-refractivity contribution in [1.82, 2.24) is 20.3 Å². The zero-order chi connectivity index (χ0) is 15.9. The minimum Gasteiger partial charge on any atom is -0.344 e. The second kappa shape index (κ2) is 5.37. The van der Waals surface area contributed by atoms with Crippen molar-refractivity contribution in [3.8, 4) is 0 Å². The molecule has 0 aromatic carbocycles. The number of carbonyl (C=O) groups is 1. The standard InChI is InChI=1S/C17H21N5O/c1-11-10-18-15(19-11)17(8-3-9-17)22-16(23)21-14-7-6-12-4-2-5-13(12)20-14/h6-7,10H,2-5,8-9H2,1H3,(H,18,19)(H2,20,21,22,23). The largest absolute Gasteiger partial charge is 0.344 e. The Morgan fingerprint density at radius 3 is 2.83 bits per heavy atom. The summed E-state index contributed by atoms with van der Waals surface area (Å²) < 4.78 is 0. The monoisotopic (exact) mass is 311 g/mol. The molecule has 0 saturated heterocycles. The summed E-state index contributed by atoms with van der Waals surface area (Å²) >= 11 is 0. The van der Waals surface area contributed by atoms with Crippen molar-refractivity contribution in [2.24, 2.45) is 0 Å². The van der Waals surface area contributed by atoms with Gasteiger partial charge in [0.1, 0.15) is 11.6 Å². The Bertz CT molecular complexity index is 747. The van der Waals surface area contributed by atoms with Gasteiger partial charge in [0, 0.05) is 17.6 Å². The summed E-state index contributed by atoms with van der Waals surface area (Å²) in [5.41, 5.74) is 3.06. The lowest BCUT2D eigenvalue weighted by Crippen LogP contribution is -2.52. The molecule has 2 amide bonds. The van der Waals surface area contributed by atoms with Crippen LogP contribution in [0.15, 0.2) is 18.3 Å². The number of aromatic amines is 1. The van der Waals surface area contributed by atoms with Gasteiger partial charge >= 0.3 is 6.03 Å². The van der Waals surface area contributed by atoms with E-state index in [1.807, 2.05) is 13.0 Å². The van der Waals surface area contributed by atoms with Gasteiger partial charge in [0.05, 0.1) is 5.54 Å². The SMILES string of the molecule is Cc1cnc(C2(NC(=O)Nc3ccc4c(n3)CCC4)CCC2)[nH]1. The lowest BCUT2D eigenvalue weighted by atomic mass is 9.76. The predicted octanol–water partition coefficient (Wildman–Crippen LogP) is 2.80. The molecule has 2 heterocycles. The van der Waals surface area contributed by atoms with Crippen molar-refractivity contribution in [2.45, 2.75) is 51.0 Å². The molecule has 1 fully saturated rings. The van der Waals surface area contributed by atoms with E-state index in [1.165, 1.54) is 5.56 Å². The number of carbonyl (C=O) groups excluding carboxylic acids is 1. The Labute approximate surface area is 135 Å². The first kappa shape index (κ1) is 14.2.